The number of para-hydroxylation sites is 1. The molecular formula is C20H26N4O4S2. The van der Waals surface area contributed by atoms with Crippen molar-refractivity contribution in [1.82, 2.24) is 19.7 Å². The summed E-state index contributed by atoms with van der Waals surface area (Å²) in [5.74, 6) is 1.60. The number of nitrogens with zero attached hydrogens (tertiary/aromatic N) is 4. The van der Waals surface area contributed by atoms with Gasteiger partial charge in [-0.25, -0.2) is 8.42 Å². The normalized spacial score (nSPS) is 20.4. The second-order valence-electron chi connectivity index (χ2n) is 7.71. The maximum atomic E-state index is 13.0. The molecule has 1 amide bonds. The van der Waals surface area contributed by atoms with Gasteiger partial charge in [-0.3, -0.25) is 9.36 Å². The monoisotopic (exact) mass is 450 g/mol. The number of sulfone groups is 1. The second-order valence-corrected chi connectivity index (χ2v) is 10.9. The third-order valence-electron chi connectivity index (χ3n) is 5.45. The van der Waals surface area contributed by atoms with Crippen molar-refractivity contribution in [1.29, 1.82) is 0 Å². The van der Waals surface area contributed by atoms with Gasteiger partial charge < -0.3 is 9.64 Å². The smallest absolute Gasteiger partial charge is 0.233 e. The largest absolute Gasteiger partial charge is 0.383 e. The molecule has 1 aromatic carbocycles. The van der Waals surface area contributed by atoms with Gasteiger partial charge in [0.25, 0.3) is 0 Å². The molecule has 0 bridgehead atoms. The van der Waals surface area contributed by atoms with Crippen molar-refractivity contribution < 1.29 is 17.9 Å². The first-order chi connectivity index (χ1) is 14.5. The molecule has 2 aliphatic rings. The van der Waals surface area contributed by atoms with Gasteiger partial charge in [0.2, 0.25) is 5.91 Å². The zero-order valence-corrected chi connectivity index (χ0v) is 18.6. The minimum absolute atomic E-state index is 0.0269. The number of benzene rings is 1. The molecule has 1 aliphatic carbocycles. The highest BCUT2D eigenvalue weighted by Crippen LogP contribution is 2.41. The summed E-state index contributed by atoms with van der Waals surface area (Å²) in [4.78, 5) is 14.7. The molecule has 1 saturated carbocycles. The van der Waals surface area contributed by atoms with Gasteiger partial charge in [-0.15, -0.1) is 10.2 Å². The van der Waals surface area contributed by atoms with Gasteiger partial charge in [0.1, 0.15) is 5.82 Å². The number of rotatable bonds is 9. The van der Waals surface area contributed by atoms with Gasteiger partial charge in [-0.1, -0.05) is 30.0 Å². The van der Waals surface area contributed by atoms with E-state index in [2.05, 4.69) is 10.2 Å². The van der Waals surface area contributed by atoms with Gasteiger partial charge in [0.15, 0.2) is 15.0 Å². The van der Waals surface area contributed by atoms with Crippen LogP contribution in [0.15, 0.2) is 35.5 Å². The molecule has 0 radical (unpaired) electrons. The van der Waals surface area contributed by atoms with Crippen LogP contribution in [0, 0.1) is 0 Å². The van der Waals surface area contributed by atoms with Gasteiger partial charge in [-0.05, 0) is 31.4 Å². The number of carbonyl (C=O) groups excluding carboxylic acids is 1. The van der Waals surface area contributed by atoms with Crippen LogP contribution in [0.4, 0.5) is 0 Å². The van der Waals surface area contributed by atoms with E-state index in [0.29, 0.717) is 30.6 Å². The van der Waals surface area contributed by atoms with Crippen LogP contribution in [0.5, 0.6) is 0 Å². The van der Waals surface area contributed by atoms with Crippen molar-refractivity contribution in [2.75, 3.05) is 37.5 Å². The Morgan fingerprint density at radius 1 is 1.23 bits per heavy atom. The Labute approximate surface area is 180 Å². The lowest BCUT2D eigenvalue weighted by Gasteiger charge is -2.28. The lowest BCUT2D eigenvalue weighted by atomic mass is 10.2. The topological polar surface area (TPSA) is 94.4 Å². The number of carbonyl (C=O) groups is 1. The Kier molecular flexibility index (Phi) is 6.45. The number of methoxy groups -OCH3 is 1. The first kappa shape index (κ1) is 21.3. The quantitative estimate of drug-likeness (QED) is 0.539. The van der Waals surface area contributed by atoms with E-state index in [1.807, 2.05) is 34.9 Å². The summed E-state index contributed by atoms with van der Waals surface area (Å²) in [5, 5.41) is 9.43. The summed E-state index contributed by atoms with van der Waals surface area (Å²) in [7, 11) is -1.50. The second kappa shape index (κ2) is 9.07. The molecule has 4 rings (SSSR count). The number of thioether (sulfide) groups is 1. The number of amides is 1. The van der Waals surface area contributed by atoms with Crippen molar-refractivity contribution >= 4 is 27.5 Å². The molecule has 2 fully saturated rings. The molecular weight excluding hydrogens is 424 g/mol. The third kappa shape index (κ3) is 4.87. The fraction of sp³-hybridized carbons (Fsp3) is 0.550. The number of hydrogen-bond donors (Lipinski definition) is 0. The van der Waals surface area contributed by atoms with Gasteiger partial charge >= 0.3 is 0 Å². The standard InChI is InChI=1S/C20H26N4O4S2/c1-28-11-10-23(17-9-12-30(26,27)14-17)18(25)13-29-20-22-21-19(15-7-8-15)24(20)16-5-3-2-4-6-16/h2-6,15,17H,7-14H2,1H3. The van der Waals surface area contributed by atoms with Gasteiger partial charge in [0.05, 0.1) is 23.9 Å². The van der Waals surface area contributed by atoms with E-state index in [1.165, 1.54) is 11.8 Å². The molecule has 0 spiro atoms. The van der Waals surface area contributed by atoms with Crippen molar-refractivity contribution in [3.8, 4) is 5.69 Å². The molecule has 1 aliphatic heterocycles. The van der Waals surface area contributed by atoms with Crippen LogP contribution in [-0.4, -0.2) is 77.6 Å². The van der Waals surface area contributed by atoms with E-state index >= 15 is 0 Å². The third-order valence-corrected chi connectivity index (χ3v) is 8.11. The summed E-state index contributed by atoms with van der Waals surface area (Å²) in [5.41, 5.74) is 0.984. The summed E-state index contributed by atoms with van der Waals surface area (Å²) in [6.07, 6.45) is 2.69. The predicted octanol–water partition coefficient (Wildman–Crippen LogP) is 1.90. The van der Waals surface area contributed by atoms with Crippen LogP contribution in [0.1, 0.15) is 31.0 Å². The Bertz CT molecular complexity index is 989. The first-order valence-electron chi connectivity index (χ1n) is 10.1. The van der Waals surface area contributed by atoms with Crippen molar-refractivity contribution in [2.24, 2.45) is 0 Å². The number of ether oxygens (including phenoxy) is 1. The van der Waals surface area contributed by atoms with Crippen LogP contribution in [0.3, 0.4) is 0 Å². The van der Waals surface area contributed by atoms with E-state index in [4.69, 9.17) is 4.74 Å². The molecule has 2 heterocycles. The molecule has 1 aromatic heterocycles. The van der Waals surface area contributed by atoms with E-state index in [0.717, 1.165) is 24.4 Å². The Balaban J connectivity index is 1.50. The summed E-state index contributed by atoms with van der Waals surface area (Å²) in [6, 6.07) is 9.64. The van der Waals surface area contributed by atoms with Gasteiger partial charge in [-0.2, -0.15) is 0 Å². The minimum atomic E-state index is -3.08. The SMILES string of the molecule is COCCN(C(=O)CSc1nnc(C2CC2)n1-c1ccccc1)C1CCS(=O)(=O)C1. The molecule has 162 valence electrons. The summed E-state index contributed by atoms with van der Waals surface area (Å²) >= 11 is 1.34. The Morgan fingerprint density at radius 2 is 2.00 bits per heavy atom. The predicted molar refractivity (Wildman–Crippen MR) is 115 cm³/mol. The molecule has 30 heavy (non-hydrogen) atoms. The van der Waals surface area contributed by atoms with Crippen LogP contribution in [0.2, 0.25) is 0 Å². The van der Waals surface area contributed by atoms with Crippen molar-refractivity contribution in [3.05, 3.63) is 36.2 Å². The van der Waals surface area contributed by atoms with Crippen molar-refractivity contribution in [3.63, 3.8) is 0 Å². The zero-order chi connectivity index (χ0) is 21.1. The molecule has 1 unspecified atom stereocenters. The fourth-order valence-electron chi connectivity index (χ4n) is 3.73. The Morgan fingerprint density at radius 3 is 2.63 bits per heavy atom. The fourth-order valence-corrected chi connectivity index (χ4v) is 6.31. The van der Waals surface area contributed by atoms with E-state index in [-0.39, 0.29) is 29.2 Å². The summed E-state index contributed by atoms with van der Waals surface area (Å²) < 4.78 is 31.0. The average Bonchev–Trinajstić information content (AvgIpc) is 3.40. The maximum Gasteiger partial charge on any atom is 0.233 e. The van der Waals surface area contributed by atoms with Crippen LogP contribution < -0.4 is 0 Å². The molecule has 2 aromatic rings. The lowest BCUT2D eigenvalue weighted by molar-refractivity contribution is -0.130. The maximum absolute atomic E-state index is 13.0. The van der Waals surface area contributed by atoms with E-state index in [1.54, 1.807) is 12.0 Å². The first-order valence-corrected chi connectivity index (χ1v) is 12.9. The Hall–Kier alpha value is -1.91. The lowest BCUT2D eigenvalue weighted by Crippen LogP contribution is -2.44. The number of aromatic nitrogens is 3. The minimum Gasteiger partial charge on any atom is -0.383 e. The molecule has 10 heteroatoms. The van der Waals surface area contributed by atoms with Crippen LogP contribution in [-0.2, 0) is 19.4 Å². The highest BCUT2D eigenvalue weighted by Gasteiger charge is 2.35. The molecule has 0 N–H and O–H groups in total. The molecule has 1 saturated heterocycles. The molecule has 1 atom stereocenters. The van der Waals surface area contributed by atoms with Gasteiger partial charge in [0, 0.05) is 31.3 Å². The summed E-state index contributed by atoms with van der Waals surface area (Å²) in [6.45, 7) is 0.758. The highest BCUT2D eigenvalue weighted by molar-refractivity contribution is 7.99. The van der Waals surface area contributed by atoms with Crippen LogP contribution >= 0.6 is 11.8 Å². The van der Waals surface area contributed by atoms with Crippen LogP contribution in [0.25, 0.3) is 5.69 Å². The number of hydrogen-bond acceptors (Lipinski definition) is 7. The van der Waals surface area contributed by atoms with Crippen molar-refractivity contribution in [2.45, 2.75) is 36.4 Å². The zero-order valence-electron chi connectivity index (χ0n) is 16.9. The average molecular weight is 451 g/mol. The van der Waals surface area contributed by atoms with E-state index < -0.39 is 9.84 Å². The highest BCUT2D eigenvalue weighted by atomic mass is 32.2. The molecule has 8 nitrogen and oxygen atoms in total. The van der Waals surface area contributed by atoms with E-state index in [9.17, 15) is 13.2 Å².